The van der Waals surface area contributed by atoms with Gasteiger partial charge in [0, 0.05) is 0 Å². The Morgan fingerprint density at radius 2 is 1.22 bits per heavy atom. The summed E-state index contributed by atoms with van der Waals surface area (Å²) in [6, 6.07) is 0. The monoisotopic (exact) mass is 120 g/mol. The van der Waals surface area contributed by atoms with E-state index < -0.39 is 0 Å². The van der Waals surface area contributed by atoms with Gasteiger partial charge in [0.25, 0.3) is 0 Å². The number of allylic oxidation sites excluding steroid dienone is 2. The molecule has 0 aromatic rings. The number of hydrogen-bond donors (Lipinski definition) is 0. The Labute approximate surface area is 56.0 Å². The van der Waals surface area contributed by atoms with Crippen LogP contribution in [0.1, 0.15) is 32.1 Å². The van der Waals surface area contributed by atoms with Crippen LogP contribution in [0, 0.1) is 10.8 Å². The van der Waals surface area contributed by atoms with E-state index in [1.54, 1.807) is 0 Å². The number of rotatable bonds is 0. The summed E-state index contributed by atoms with van der Waals surface area (Å²) in [5.74, 6) is 0. The maximum absolute atomic E-state index is 2.50. The molecule has 0 spiro atoms. The van der Waals surface area contributed by atoms with Crippen LogP contribution in [0.25, 0.3) is 0 Å². The zero-order chi connectivity index (χ0) is 5.95. The lowest BCUT2D eigenvalue weighted by Crippen LogP contribution is -2.16. The van der Waals surface area contributed by atoms with E-state index >= 15 is 0 Å². The lowest BCUT2D eigenvalue weighted by atomic mass is 9.76. The first kappa shape index (κ1) is 4.54. The van der Waals surface area contributed by atoms with Crippen molar-refractivity contribution in [2.75, 3.05) is 0 Å². The fourth-order valence-electron chi connectivity index (χ4n) is 3.11. The van der Waals surface area contributed by atoms with Crippen molar-refractivity contribution >= 4 is 0 Å². The third-order valence-electron chi connectivity index (χ3n) is 3.74. The summed E-state index contributed by atoms with van der Waals surface area (Å²) in [6.07, 6.45) is 12.5. The topological polar surface area (TPSA) is 0 Å². The van der Waals surface area contributed by atoms with E-state index in [0.717, 1.165) is 10.8 Å². The highest BCUT2D eigenvalue weighted by atomic mass is 14.6. The minimum Gasteiger partial charge on any atom is -0.0817 e. The summed E-state index contributed by atoms with van der Waals surface area (Å²) < 4.78 is 0. The largest absolute Gasteiger partial charge is 0.0817 e. The third kappa shape index (κ3) is 0.357. The molecule has 3 aliphatic rings. The van der Waals surface area contributed by atoms with Crippen LogP contribution in [0.4, 0.5) is 0 Å². The van der Waals surface area contributed by atoms with Gasteiger partial charge in [-0.05, 0) is 42.9 Å². The van der Waals surface area contributed by atoms with Crippen molar-refractivity contribution in [1.82, 2.24) is 0 Å². The van der Waals surface area contributed by atoms with Crippen molar-refractivity contribution in [2.45, 2.75) is 32.1 Å². The summed E-state index contributed by atoms with van der Waals surface area (Å²) in [5, 5.41) is 0. The van der Waals surface area contributed by atoms with Crippen LogP contribution in [0.2, 0.25) is 0 Å². The van der Waals surface area contributed by atoms with Crippen LogP contribution >= 0.6 is 0 Å². The minimum absolute atomic E-state index is 0.736. The van der Waals surface area contributed by atoms with Gasteiger partial charge >= 0.3 is 0 Å². The lowest BCUT2D eigenvalue weighted by Gasteiger charge is -2.29. The van der Waals surface area contributed by atoms with E-state index in [1.807, 2.05) is 0 Å². The number of hydrogen-bond acceptors (Lipinski definition) is 0. The molecule has 3 rings (SSSR count). The molecule has 0 amide bonds. The van der Waals surface area contributed by atoms with Gasteiger partial charge in [-0.25, -0.2) is 0 Å². The molecule has 9 heavy (non-hydrogen) atoms. The summed E-state index contributed by atoms with van der Waals surface area (Å²) in [7, 11) is 0. The Kier molecular flexibility index (Phi) is 0.505. The van der Waals surface area contributed by atoms with Crippen molar-refractivity contribution in [3.05, 3.63) is 12.2 Å². The molecular formula is C9H12. The second-order valence-corrected chi connectivity index (χ2v) is 4.23. The first-order chi connectivity index (χ1) is 4.33. The van der Waals surface area contributed by atoms with Gasteiger partial charge in [-0.2, -0.15) is 0 Å². The second kappa shape index (κ2) is 1.00. The summed E-state index contributed by atoms with van der Waals surface area (Å²) in [5.41, 5.74) is 1.47. The molecule has 0 saturated heterocycles. The maximum atomic E-state index is 2.50. The Hall–Kier alpha value is -0.260. The summed E-state index contributed by atoms with van der Waals surface area (Å²) in [6.45, 7) is 0. The molecule has 0 nitrogen and oxygen atoms in total. The third-order valence-corrected chi connectivity index (χ3v) is 3.74. The van der Waals surface area contributed by atoms with Crippen LogP contribution in [-0.4, -0.2) is 0 Å². The van der Waals surface area contributed by atoms with E-state index in [-0.39, 0.29) is 0 Å². The van der Waals surface area contributed by atoms with Gasteiger partial charge in [0.2, 0.25) is 0 Å². The van der Waals surface area contributed by atoms with Crippen molar-refractivity contribution in [1.29, 1.82) is 0 Å². The Morgan fingerprint density at radius 1 is 0.778 bits per heavy atom. The average Bonchev–Trinajstić information content (AvgIpc) is 2.49. The normalized spacial score (nSPS) is 59.6. The molecule has 2 fully saturated rings. The zero-order valence-corrected chi connectivity index (χ0v) is 5.69. The molecular weight excluding hydrogens is 108 g/mol. The predicted molar refractivity (Wildman–Crippen MR) is 37.1 cm³/mol. The molecule has 0 aromatic heterocycles. The zero-order valence-electron chi connectivity index (χ0n) is 5.69. The van der Waals surface area contributed by atoms with E-state index in [1.165, 1.54) is 32.1 Å². The Bertz CT molecular complexity index is 160. The fraction of sp³-hybridized carbons (Fsp3) is 0.778. The lowest BCUT2D eigenvalue weighted by molar-refractivity contribution is 0.329. The molecule has 0 unspecified atom stereocenters. The van der Waals surface area contributed by atoms with Crippen LogP contribution in [0.3, 0.4) is 0 Å². The highest BCUT2D eigenvalue weighted by Crippen LogP contribution is 2.67. The van der Waals surface area contributed by atoms with E-state index in [2.05, 4.69) is 12.2 Å². The van der Waals surface area contributed by atoms with Crippen LogP contribution in [-0.2, 0) is 0 Å². The Morgan fingerprint density at radius 3 is 1.33 bits per heavy atom. The van der Waals surface area contributed by atoms with Gasteiger partial charge in [0.1, 0.15) is 0 Å². The first-order valence-corrected chi connectivity index (χ1v) is 4.03. The molecule has 0 atom stereocenters. The van der Waals surface area contributed by atoms with Crippen LogP contribution in [0.5, 0.6) is 0 Å². The van der Waals surface area contributed by atoms with Gasteiger partial charge in [-0.15, -0.1) is 0 Å². The fourth-order valence-corrected chi connectivity index (χ4v) is 3.11. The molecule has 0 heterocycles. The van der Waals surface area contributed by atoms with Gasteiger partial charge < -0.3 is 0 Å². The van der Waals surface area contributed by atoms with Crippen LogP contribution in [0.15, 0.2) is 12.2 Å². The maximum Gasteiger partial charge on any atom is -0.0109 e. The average molecular weight is 120 g/mol. The molecule has 0 heteroatoms. The van der Waals surface area contributed by atoms with Crippen LogP contribution < -0.4 is 0 Å². The van der Waals surface area contributed by atoms with Crippen molar-refractivity contribution in [3.63, 3.8) is 0 Å². The van der Waals surface area contributed by atoms with Crippen molar-refractivity contribution in [2.24, 2.45) is 10.8 Å². The molecule has 2 bridgehead atoms. The van der Waals surface area contributed by atoms with Gasteiger partial charge in [0.15, 0.2) is 0 Å². The quantitative estimate of drug-likeness (QED) is 0.431. The predicted octanol–water partition coefficient (Wildman–Crippen LogP) is 2.51. The Balaban J connectivity index is 2.24. The summed E-state index contributed by atoms with van der Waals surface area (Å²) >= 11 is 0. The van der Waals surface area contributed by atoms with Gasteiger partial charge in [-0.1, -0.05) is 12.2 Å². The first-order valence-electron chi connectivity index (χ1n) is 4.03. The summed E-state index contributed by atoms with van der Waals surface area (Å²) in [4.78, 5) is 0. The highest BCUT2D eigenvalue weighted by Gasteiger charge is 2.55. The molecule has 0 N–H and O–H groups in total. The molecule has 0 radical (unpaired) electrons. The van der Waals surface area contributed by atoms with Crippen molar-refractivity contribution < 1.29 is 0 Å². The van der Waals surface area contributed by atoms with E-state index in [9.17, 15) is 0 Å². The molecule has 0 aromatic carbocycles. The molecule has 48 valence electrons. The standard InChI is InChI=1S/C9H12/c1-2-9-5-3-8(1,7-9)4-6-9/h1-2H,3-7H2. The van der Waals surface area contributed by atoms with Crippen molar-refractivity contribution in [3.8, 4) is 0 Å². The highest BCUT2D eigenvalue weighted by molar-refractivity contribution is 5.26. The molecule has 2 saturated carbocycles. The molecule has 0 aliphatic heterocycles. The van der Waals surface area contributed by atoms with E-state index in [4.69, 9.17) is 0 Å². The molecule has 3 aliphatic carbocycles. The van der Waals surface area contributed by atoms with Gasteiger partial charge in [-0.3, -0.25) is 0 Å². The SMILES string of the molecule is C1=CC23CCC1(CC2)C3. The van der Waals surface area contributed by atoms with E-state index in [0.29, 0.717) is 0 Å². The second-order valence-electron chi connectivity index (χ2n) is 4.23. The minimum atomic E-state index is 0.736. The van der Waals surface area contributed by atoms with Gasteiger partial charge in [0.05, 0.1) is 0 Å². The smallest absolute Gasteiger partial charge is 0.0109 e.